The molecule has 1 saturated heterocycles. The van der Waals surface area contributed by atoms with Crippen LogP contribution in [0.1, 0.15) is 16.8 Å². The van der Waals surface area contributed by atoms with E-state index in [2.05, 4.69) is 4.72 Å². The molecule has 0 radical (unpaired) electrons. The van der Waals surface area contributed by atoms with E-state index in [0.29, 0.717) is 5.75 Å². The Balaban J connectivity index is 1.82. The summed E-state index contributed by atoms with van der Waals surface area (Å²) in [4.78, 5) is 23.9. The van der Waals surface area contributed by atoms with Gasteiger partial charge in [0, 0.05) is 6.42 Å². The first-order valence-corrected chi connectivity index (χ1v) is 9.52. The number of esters is 2. The standard InChI is InChI=1S/C18H17NO7S/c1-24-12-6-8-13(9-7-12)27(22,23)19-15-5-3-2-4-14(15)17(20)26-16-10-11-25-18(16)21/h2-9,16,19H,10-11H2,1H3/t16-/m1/s1. The lowest BCUT2D eigenvalue weighted by Gasteiger charge is -2.14. The van der Waals surface area contributed by atoms with Gasteiger partial charge in [0.25, 0.3) is 10.0 Å². The number of carbonyl (C=O) groups excluding carboxylic acids is 2. The van der Waals surface area contributed by atoms with E-state index in [-0.39, 0.29) is 29.2 Å². The van der Waals surface area contributed by atoms with Crippen LogP contribution in [0.25, 0.3) is 0 Å². The number of sulfonamides is 1. The largest absolute Gasteiger partial charge is 0.497 e. The second kappa shape index (κ2) is 7.67. The summed E-state index contributed by atoms with van der Waals surface area (Å²) in [5.74, 6) is -0.909. The zero-order valence-corrected chi connectivity index (χ0v) is 15.2. The van der Waals surface area contributed by atoms with E-state index in [1.54, 1.807) is 12.1 Å². The molecule has 2 aromatic carbocycles. The van der Waals surface area contributed by atoms with Gasteiger partial charge < -0.3 is 14.2 Å². The Morgan fingerprint density at radius 3 is 2.48 bits per heavy atom. The van der Waals surface area contributed by atoms with Gasteiger partial charge >= 0.3 is 11.9 Å². The third-order valence-corrected chi connectivity index (χ3v) is 5.28. The average Bonchev–Trinajstić information content (AvgIpc) is 3.06. The van der Waals surface area contributed by atoms with Gasteiger partial charge in [-0.25, -0.2) is 18.0 Å². The van der Waals surface area contributed by atoms with Crippen molar-refractivity contribution in [2.45, 2.75) is 17.4 Å². The van der Waals surface area contributed by atoms with Gasteiger partial charge in [-0.05, 0) is 36.4 Å². The van der Waals surface area contributed by atoms with Crippen molar-refractivity contribution < 1.29 is 32.2 Å². The molecule has 0 spiro atoms. The molecule has 27 heavy (non-hydrogen) atoms. The van der Waals surface area contributed by atoms with E-state index >= 15 is 0 Å². The van der Waals surface area contributed by atoms with E-state index in [4.69, 9.17) is 14.2 Å². The quantitative estimate of drug-likeness (QED) is 0.750. The van der Waals surface area contributed by atoms with Gasteiger partial charge in [0.15, 0.2) is 0 Å². The van der Waals surface area contributed by atoms with Crippen molar-refractivity contribution in [3.05, 3.63) is 54.1 Å². The van der Waals surface area contributed by atoms with Crippen molar-refractivity contribution in [2.24, 2.45) is 0 Å². The fourth-order valence-electron chi connectivity index (χ4n) is 2.49. The number of methoxy groups -OCH3 is 1. The van der Waals surface area contributed by atoms with Crippen molar-refractivity contribution in [3.63, 3.8) is 0 Å². The highest BCUT2D eigenvalue weighted by Gasteiger charge is 2.31. The van der Waals surface area contributed by atoms with Crippen molar-refractivity contribution in [2.75, 3.05) is 18.4 Å². The van der Waals surface area contributed by atoms with Crippen LogP contribution >= 0.6 is 0 Å². The van der Waals surface area contributed by atoms with Crippen LogP contribution in [0.4, 0.5) is 5.69 Å². The Morgan fingerprint density at radius 2 is 1.85 bits per heavy atom. The van der Waals surface area contributed by atoms with Gasteiger partial charge in [-0.2, -0.15) is 0 Å². The average molecular weight is 391 g/mol. The molecule has 142 valence electrons. The minimum absolute atomic E-state index is 0.00529. The van der Waals surface area contributed by atoms with E-state index in [0.717, 1.165) is 0 Å². The normalized spacial score (nSPS) is 16.5. The Labute approximate surface area is 156 Å². The SMILES string of the molecule is COc1ccc(S(=O)(=O)Nc2ccccc2C(=O)O[C@@H]2CCOC2=O)cc1. The maximum atomic E-state index is 12.6. The summed E-state index contributed by atoms with van der Waals surface area (Å²) in [6, 6.07) is 11.8. The molecule has 2 aromatic rings. The number of ether oxygens (including phenoxy) is 3. The van der Waals surface area contributed by atoms with Gasteiger partial charge in [0.2, 0.25) is 6.10 Å². The molecule has 1 heterocycles. The van der Waals surface area contributed by atoms with Crippen LogP contribution in [-0.4, -0.2) is 40.2 Å². The van der Waals surface area contributed by atoms with Crippen LogP contribution in [-0.2, 0) is 24.3 Å². The number of carbonyl (C=O) groups is 2. The minimum Gasteiger partial charge on any atom is -0.497 e. The van der Waals surface area contributed by atoms with Gasteiger partial charge in [0.05, 0.1) is 29.9 Å². The molecule has 0 saturated carbocycles. The number of nitrogens with one attached hydrogen (secondary N) is 1. The number of rotatable bonds is 6. The summed E-state index contributed by atoms with van der Waals surface area (Å²) in [7, 11) is -2.46. The summed E-state index contributed by atoms with van der Waals surface area (Å²) < 4.78 is 42.5. The molecule has 0 unspecified atom stereocenters. The van der Waals surface area contributed by atoms with E-state index in [1.165, 1.54) is 43.5 Å². The van der Waals surface area contributed by atoms with Crippen LogP contribution in [0.5, 0.6) is 5.75 Å². The van der Waals surface area contributed by atoms with Crippen LogP contribution in [0.15, 0.2) is 53.4 Å². The van der Waals surface area contributed by atoms with Crippen molar-refractivity contribution in [1.82, 2.24) is 0 Å². The highest BCUT2D eigenvalue weighted by atomic mass is 32.2. The highest BCUT2D eigenvalue weighted by Crippen LogP contribution is 2.23. The number of hydrogen-bond donors (Lipinski definition) is 1. The summed E-state index contributed by atoms with van der Waals surface area (Å²) in [6.07, 6.45) is -0.714. The predicted octanol–water partition coefficient (Wildman–Crippen LogP) is 1.97. The molecular formula is C18H17NO7S. The first-order chi connectivity index (χ1) is 12.9. The van der Waals surface area contributed by atoms with Crippen molar-refractivity contribution in [3.8, 4) is 5.75 Å². The van der Waals surface area contributed by atoms with Crippen molar-refractivity contribution in [1.29, 1.82) is 0 Å². The third kappa shape index (κ3) is 4.20. The maximum absolute atomic E-state index is 12.6. The minimum atomic E-state index is -3.94. The molecule has 1 N–H and O–H groups in total. The van der Waals surface area contributed by atoms with Gasteiger partial charge in [-0.15, -0.1) is 0 Å². The van der Waals surface area contributed by atoms with Crippen molar-refractivity contribution >= 4 is 27.6 Å². The third-order valence-electron chi connectivity index (χ3n) is 3.90. The molecule has 0 amide bonds. The molecule has 1 aliphatic heterocycles. The molecule has 1 fully saturated rings. The van der Waals surface area contributed by atoms with Crippen LogP contribution < -0.4 is 9.46 Å². The first-order valence-electron chi connectivity index (χ1n) is 8.04. The number of para-hydroxylation sites is 1. The van der Waals surface area contributed by atoms with Crippen LogP contribution in [0, 0.1) is 0 Å². The Kier molecular flexibility index (Phi) is 5.31. The Morgan fingerprint density at radius 1 is 1.15 bits per heavy atom. The smallest absolute Gasteiger partial charge is 0.347 e. The molecule has 0 aromatic heterocycles. The maximum Gasteiger partial charge on any atom is 0.347 e. The number of benzene rings is 2. The lowest BCUT2D eigenvalue weighted by atomic mass is 10.2. The highest BCUT2D eigenvalue weighted by molar-refractivity contribution is 7.92. The molecule has 8 nitrogen and oxygen atoms in total. The summed E-state index contributed by atoms with van der Waals surface area (Å²) in [5.41, 5.74) is 0.0407. The number of hydrogen-bond acceptors (Lipinski definition) is 7. The first kappa shape index (κ1) is 18.7. The van der Waals surface area contributed by atoms with E-state index in [9.17, 15) is 18.0 Å². The summed E-state index contributed by atoms with van der Waals surface area (Å²) in [6.45, 7) is 0.183. The topological polar surface area (TPSA) is 108 Å². The fraction of sp³-hybridized carbons (Fsp3) is 0.222. The monoisotopic (exact) mass is 391 g/mol. The molecule has 9 heteroatoms. The molecule has 0 bridgehead atoms. The number of cyclic esters (lactones) is 1. The molecule has 1 atom stereocenters. The number of anilines is 1. The molecule has 3 rings (SSSR count). The predicted molar refractivity (Wildman–Crippen MR) is 95.0 cm³/mol. The lowest BCUT2D eigenvalue weighted by Crippen LogP contribution is -2.24. The second-order valence-corrected chi connectivity index (χ2v) is 7.36. The fourth-order valence-corrected chi connectivity index (χ4v) is 3.57. The van der Waals surface area contributed by atoms with Gasteiger partial charge in [-0.1, -0.05) is 12.1 Å². The molecule has 1 aliphatic rings. The van der Waals surface area contributed by atoms with Gasteiger partial charge in [0.1, 0.15) is 5.75 Å². The summed E-state index contributed by atoms with van der Waals surface area (Å²) >= 11 is 0. The van der Waals surface area contributed by atoms with Gasteiger partial charge in [-0.3, -0.25) is 4.72 Å². The van der Waals surface area contributed by atoms with E-state index < -0.39 is 28.1 Å². The Bertz CT molecular complexity index is 954. The zero-order chi connectivity index (χ0) is 19.4. The molecule has 0 aliphatic carbocycles. The second-order valence-electron chi connectivity index (χ2n) is 5.68. The molecular weight excluding hydrogens is 374 g/mol. The van der Waals surface area contributed by atoms with E-state index in [1.807, 2.05) is 0 Å². The Hall–Kier alpha value is -3.07. The lowest BCUT2D eigenvalue weighted by molar-refractivity contribution is -0.145. The van der Waals surface area contributed by atoms with Crippen LogP contribution in [0.2, 0.25) is 0 Å². The van der Waals surface area contributed by atoms with Crippen LogP contribution in [0.3, 0.4) is 0 Å². The zero-order valence-electron chi connectivity index (χ0n) is 14.4. The summed E-state index contributed by atoms with van der Waals surface area (Å²) in [5, 5.41) is 0.